The van der Waals surface area contributed by atoms with Crippen molar-refractivity contribution in [3.63, 3.8) is 0 Å². The minimum absolute atomic E-state index is 0.146. The van der Waals surface area contributed by atoms with Crippen molar-refractivity contribution in [3.05, 3.63) is 35.6 Å². The largest absolute Gasteiger partial charge is 0.380 e. The summed E-state index contributed by atoms with van der Waals surface area (Å²) in [6, 6.07) is 6.74. The SMILES string of the molecule is O=C1CN([C@H]2CCOC2)CCN1Cc1ccc(F)cc1. The van der Waals surface area contributed by atoms with E-state index in [9.17, 15) is 9.18 Å². The van der Waals surface area contributed by atoms with Crippen LogP contribution in [0.15, 0.2) is 24.3 Å². The van der Waals surface area contributed by atoms with Crippen LogP contribution < -0.4 is 0 Å². The molecule has 0 aromatic heterocycles. The van der Waals surface area contributed by atoms with Crippen molar-refractivity contribution in [1.29, 1.82) is 0 Å². The van der Waals surface area contributed by atoms with Gasteiger partial charge in [0.15, 0.2) is 0 Å². The maximum Gasteiger partial charge on any atom is 0.237 e. The Morgan fingerprint density at radius 1 is 1.25 bits per heavy atom. The topological polar surface area (TPSA) is 32.8 Å². The number of carbonyl (C=O) groups is 1. The standard InChI is InChI=1S/C15H19FN2O2/c16-13-3-1-12(2-4-13)9-18-7-6-17(10-15(18)19)14-5-8-20-11-14/h1-4,14H,5-11H2/t14-/m0/s1. The molecule has 2 saturated heterocycles. The third kappa shape index (κ3) is 2.99. The summed E-state index contributed by atoms with van der Waals surface area (Å²) in [7, 11) is 0. The molecule has 1 atom stereocenters. The highest BCUT2D eigenvalue weighted by molar-refractivity contribution is 5.79. The Kier molecular flexibility index (Phi) is 3.98. The molecule has 0 aliphatic carbocycles. The first-order chi connectivity index (χ1) is 9.72. The highest BCUT2D eigenvalue weighted by Crippen LogP contribution is 2.17. The predicted octanol–water partition coefficient (Wildman–Crippen LogP) is 1.26. The van der Waals surface area contributed by atoms with Gasteiger partial charge < -0.3 is 9.64 Å². The smallest absolute Gasteiger partial charge is 0.237 e. The van der Waals surface area contributed by atoms with Crippen LogP contribution in [0.1, 0.15) is 12.0 Å². The van der Waals surface area contributed by atoms with Gasteiger partial charge in [-0.15, -0.1) is 0 Å². The Labute approximate surface area is 118 Å². The van der Waals surface area contributed by atoms with Gasteiger partial charge in [-0.2, -0.15) is 0 Å². The van der Waals surface area contributed by atoms with Gasteiger partial charge in [0.05, 0.1) is 13.2 Å². The monoisotopic (exact) mass is 278 g/mol. The van der Waals surface area contributed by atoms with Crippen LogP contribution in [0.4, 0.5) is 4.39 Å². The number of ether oxygens (including phenoxy) is 1. The first-order valence-electron chi connectivity index (χ1n) is 7.06. The van der Waals surface area contributed by atoms with E-state index >= 15 is 0 Å². The number of amides is 1. The molecule has 1 aromatic rings. The van der Waals surface area contributed by atoms with Crippen LogP contribution in [0.25, 0.3) is 0 Å². The van der Waals surface area contributed by atoms with Crippen LogP contribution in [-0.4, -0.2) is 54.6 Å². The van der Waals surface area contributed by atoms with E-state index in [1.807, 2.05) is 4.90 Å². The minimum atomic E-state index is -0.244. The molecule has 108 valence electrons. The van der Waals surface area contributed by atoms with Crippen LogP contribution in [0.2, 0.25) is 0 Å². The van der Waals surface area contributed by atoms with Crippen molar-refractivity contribution < 1.29 is 13.9 Å². The van der Waals surface area contributed by atoms with Crippen LogP contribution in [0, 0.1) is 5.82 Å². The molecule has 4 nitrogen and oxygen atoms in total. The van der Waals surface area contributed by atoms with Crippen LogP contribution in [-0.2, 0) is 16.1 Å². The Hall–Kier alpha value is -1.46. The average Bonchev–Trinajstić information content (AvgIpc) is 2.97. The zero-order valence-electron chi connectivity index (χ0n) is 11.4. The number of piperazine rings is 1. The maximum absolute atomic E-state index is 12.9. The summed E-state index contributed by atoms with van der Waals surface area (Å²) in [6.45, 7) is 4.19. The summed E-state index contributed by atoms with van der Waals surface area (Å²) in [5.41, 5.74) is 0.970. The lowest BCUT2D eigenvalue weighted by Crippen LogP contribution is -2.53. The van der Waals surface area contributed by atoms with E-state index in [1.165, 1.54) is 12.1 Å². The van der Waals surface area contributed by atoms with Gasteiger partial charge >= 0.3 is 0 Å². The minimum Gasteiger partial charge on any atom is -0.380 e. The fourth-order valence-electron chi connectivity index (χ4n) is 2.83. The van der Waals surface area contributed by atoms with E-state index in [-0.39, 0.29) is 11.7 Å². The zero-order valence-corrected chi connectivity index (χ0v) is 11.4. The van der Waals surface area contributed by atoms with Crippen molar-refractivity contribution in [2.24, 2.45) is 0 Å². The molecule has 1 amide bonds. The number of halogens is 1. The second-order valence-electron chi connectivity index (χ2n) is 5.43. The molecule has 5 heteroatoms. The Morgan fingerprint density at radius 3 is 2.70 bits per heavy atom. The molecule has 0 unspecified atom stereocenters. The number of hydrogen-bond acceptors (Lipinski definition) is 3. The normalized spacial score (nSPS) is 24.4. The first-order valence-corrected chi connectivity index (χ1v) is 7.06. The second-order valence-corrected chi connectivity index (χ2v) is 5.43. The zero-order chi connectivity index (χ0) is 13.9. The molecule has 3 rings (SSSR count). The molecular weight excluding hydrogens is 259 g/mol. The highest BCUT2D eigenvalue weighted by atomic mass is 19.1. The fourth-order valence-corrected chi connectivity index (χ4v) is 2.83. The molecule has 1 aromatic carbocycles. The van der Waals surface area contributed by atoms with Crippen molar-refractivity contribution in [2.75, 3.05) is 32.8 Å². The molecule has 2 aliphatic heterocycles. The molecule has 2 aliphatic rings. The lowest BCUT2D eigenvalue weighted by atomic mass is 10.1. The third-order valence-corrected chi connectivity index (χ3v) is 4.06. The van der Waals surface area contributed by atoms with Gasteiger partial charge in [0.25, 0.3) is 0 Å². The van der Waals surface area contributed by atoms with E-state index in [1.54, 1.807) is 12.1 Å². The summed E-state index contributed by atoms with van der Waals surface area (Å²) in [4.78, 5) is 16.3. The molecule has 0 N–H and O–H groups in total. The summed E-state index contributed by atoms with van der Waals surface area (Å²) in [5, 5.41) is 0. The summed E-state index contributed by atoms with van der Waals surface area (Å²) in [6.07, 6.45) is 1.02. The van der Waals surface area contributed by atoms with E-state index in [4.69, 9.17) is 4.74 Å². The third-order valence-electron chi connectivity index (χ3n) is 4.06. The van der Waals surface area contributed by atoms with E-state index in [0.717, 1.165) is 38.3 Å². The van der Waals surface area contributed by atoms with Crippen molar-refractivity contribution in [2.45, 2.75) is 19.0 Å². The summed E-state index contributed by atoms with van der Waals surface area (Å²) >= 11 is 0. The number of carbonyl (C=O) groups excluding carboxylic acids is 1. The van der Waals surface area contributed by atoms with Gasteiger partial charge in [-0.25, -0.2) is 4.39 Å². The second kappa shape index (κ2) is 5.89. The van der Waals surface area contributed by atoms with Crippen LogP contribution in [0.5, 0.6) is 0 Å². The van der Waals surface area contributed by atoms with E-state index in [0.29, 0.717) is 19.1 Å². The average molecular weight is 278 g/mol. The van der Waals surface area contributed by atoms with Crippen molar-refractivity contribution in [1.82, 2.24) is 9.80 Å². The Morgan fingerprint density at radius 2 is 2.05 bits per heavy atom. The summed E-state index contributed by atoms with van der Waals surface area (Å²) < 4.78 is 18.2. The van der Waals surface area contributed by atoms with E-state index < -0.39 is 0 Å². The Bertz CT molecular complexity index is 471. The van der Waals surface area contributed by atoms with Crippen molar-refractivity contribution in [3.8, 4) is 0 Å². The number of nitrogens with zero attached hydrogens (tertiary/aromatic N) is 2. The van der Waals surface area contributed by atoms with Gasteiger partial charge in [-0.1, -0.05) is 12.1 Å². The number of benzene rings is 1. The molecule has 20 heavy (non-hydrogen) atoms. The van der Waals surface area contributed by atoms with E-state index in [2.05, 4.69) is 4.90 Å². The maximum atomic E-state index is 12.9. The molecule has 0 bridgehead atoms. The molecule has 2 fully saturated rings. The van der Waals surface area contributed by atoms with Crippen LogP contribution in [0.3, 0.4) is 0 Å². The molecule has 0 spiro atoms. The fraction of sp³-hybridized carbons (Fsp3) is 0.533. The lowest BCUT2D eigenvalue weighted by Gasteiger charge is -2.37. The quantitative estimate of drug-likeness (QED) is 0.834. The lowest BCUT2D eigenvalue weighted by molar-refractivity contribution is -0.137. The first kappa shape index (κ1) is 13.5. The van der Waals surface area contributed by atoms with Gasteiger partial charge in [0.1, 0.15) is 5.82 Å². The summed E-state index contributed by atoms with van der Waals surface area (Å²) in [5.74, 6) is -0.0985. The van der Waals surface area contributed by atoms with Crippen LogP contribution >= 0.6 is 0 Å². The van der Waals surface area contributed by atoms with Gasteiger partial charge in [0.2, 0.25) is 5.91 Å². The molecule has 0 saturated carbocycles. The van der Waals surface area contributed by atoms with Gasteiger partial charge in [-0.3, -0.25) is 9.69 Å². The van der Waals surface area contributed by atoms with Gasteiger partial charge in [0, 0.05) is 32.3 Å². The Balaban J connectivity index is 1.57. The number of hydrogen-bond donors (Lipinski definition) is 0. The van der Waals surface area contributed by atoms with Gasteiger partial charge in [-0.05, 0) is 24.1 Å². The van der Waals surface area contributed by atoms with Crippen molar-refractivity contribution >= 4 is 5.91 Å². The highest BCUT2D eigenvalue weighted by Gasteiger charge is 2.30. The molecule has 0 radical (unpaired) electrons. The molecule has 2 heterocycles. The predicted molar refractivity (Wildman–Crippen MR) is 72.6 cm³/mol. The number of rotatable bonds is 3. The molecular formula is C15H19FN2O2.